The van der Waals surface area contributed by atoms with Crippen molar-refractivity contribution in [2.45, 2.75) is 31.6 Å². The van der Waals surface area contributed by atoms with Gasteiger partial charge in [-0.15, -0.1) is 0 Å². The molecule has 0 aliphatic carbocycles. The van der Waals surface area contributed by atoms with Crippen LogP contribution in [0.25, 0.3) is 0 Å². The van der Waals surface area contributed by atoms with Crippen molar-refractivity contribution in [1.29, 1.82) is 0 Å². The molecule has 0 spiro atoms. The molecule has 3 nitrogen and oxygen atoms in total. The van der Waals surface area contributed by atoms with Crippen LogP contribution in [0.1, 0.15) is 42.9 Å². The molecule has 26 heavy (non-hydrogen) atoms. The SMILES string of the molecule is CCCCC(c1ccc(O)cc1)(c1ccc(O)cc1)c1ccc(O)cc1. The van der Waals surface area contributed by atoms with E-state index in [0.717, 1.165) is 36.0 Å². The Kier molecular flexibility index (Phi) is 5.17. The van der Waals surface area contributed by atoms with Crippen molar-refractivity contribution in [1.82, 2.24) is 0 Å². The zero-order valence-electron chi connectivity index (χ0n) is 14.9. The smallest absolute Gasteiger partial charge is 0.115 e. The minimum atomic E-state index is -0.425. The Hall–Kier alpha value is -2.94. The van der Waals surface area contributed by atoms with Gasteiger partial charge in [-0.1, -0.05) is 56.2 Å². The Balaban J connectivity index is 2.27. The Morgan fingerprint density at radius 2 is 0.885 bits per heavy atom. The van der Waals surface area contributed by atoms with Gasteiger partial charge >= 0.3 is 0 Å². The molecule has 0 heterocycles. The summed E-state index contributed by atoms with van der Waals surface area (Å²) in [5.41, 5.74) is 2.78. The van der Waals surface area contributed by atoms with Crippen LogP contribution in [0.5, 0.6) is 17.2 Å². The normalized spacial score (nSPS) is 11.4. The Morgan fingerprint density at radius 1 is 0.577 bits per heavy atom. The maximum atomic E-state index is 9.75. The zero-order chi connectivity index (χ0) is 18.6. The van der Waals surface area contributed by atoms with E-state index in [9.17, 15) is 15.3 Å². The molecule has 0 aliphatic rings. The van der Waals surface area contributed by atoms with E-state index in [0.29, 0.717) is 0 Å². The number of hydrogen-bond acceptors (Lipinski definition) is 3. The van der Waals surface area contributed by atoms with Crippen LogP contribution in [-0.4, -0.2) is 15.3 Å². The standard InChI is InChI=1S/C23H24O3/c1-2-3-16-23(17-4-10-20(24)11-5-17,18-6-12-21(25)13-7-18)19-8-14-22(26)15-9-19/h4-15,24-26H,2-3,16H2,1H3. The molecule has 0 fully saturated rings. The van der Waals surface area contributed by atoms with E-state index in [-0.39, 0.29) is 17.2 Å². The third kappa shape index (κ3) is 3.38. The van der Waals surface area contributed by atoms with E-state index < -0.39 is 5.41 Å². The molecule has 0 radical (unpaired) electrons. The minimum absolute atomic E-state index is 0.231. The first kappa shape index (κ1) is 17.9. The van der Waals surface area contributed by atoms with E-state index in [1.165, 1.54) is 0 Å². The molecule has 0 saturated carbocycles. The van der Waals surface area contributed by atoms with Crippen molar-refractivity contribution < 1.29 is 15.3 Å². The predicted octanol–water partition coefficient (Wildman–Crippen LogP) is 5.33. The van der Waals surface area contributed by atoms with E-state index in [4.69, 9.17) is 0 Å². The van der Waals surface area contributed by atoms with Crippen LogP contribution >= 0.6 is 0 Å². The monoisotopic (exact) mass is 348 g/mol. The van der Waals surface area contributed by atoms with Crippen LogP contribution in [0, 0.1) is 0 Å². The van der Waals surface area contributed by atoms with Crippen LogP contribution in [0.3, 0.4) is 0 Å². The summed E-state index contributed by atoms with van der Waals surface area (Å²) in [6.07, 6.45) is 2.95. The summed E-state index contributed by atoms with van der Waals surface area (Å²) in [5, 5.41) is 29.2. The highest BCUT2D eigenvalue weighted by Crippen LogP contribution is 2.44. The first-order valence-electron chi connectivity index (χ1n) is 8.95. The highest BCUT2D eigenvalue weighted by Gasteiger charge is 2.35. The van der Waals surface area contributed by atoms with Gasteiger partial charge in [0.1, 0.15) is 17.2 Å². The topological polar surface area (TPSA) is 60.7 Å². The summed E-state index contributed by atoms with van der Waals surface area (Å²) in [6, 6.07) is 21.9. The maximum Gasteiger partial charge on any atom is 0.115 e. The molecule has 0 aromatic heterocycles. The second kappa shape index (κ2) is 7.52. The van der Waals surface area contributed by atoms with Gasteiger partial charge in [0.25, 0.3) is 0 Å². The van der Waals surface area contributed by atoms with Gasteiger partial charge in [-0.2, -0.15) is 0 Å². The molecule has 0 amide bonds. The number of hydrogen-bond donors (Lipinski definition) is 3. The first-order chi connectivity index (χ1) is 12.6. The predicted molar refractivity (Wildman–Crippen MR) is 104 cm³/mol. The molecule has 3 heteroatoms. The maximum absolute atomic E-state index is 9.75. The fourth-order valence-corrected chi connectivity index (χ4v) is 3.61. The summed E-state index contributed by atoms with van der Waals surface area (Å²) >= 11 is 0. The van der Waals surface area contributed by atoms with Gasteiger partial charge in [0, 0.05) is 5.41 Å². The summed E-state index contributed by atoms with van der Waals surface area (Å²) in [7, 11) is 0. The number of rotatable bonds is 6. The van der Waals surface area contributed by atoms with Gasteiger partial charge in [-0.25, -0.2) is 0 Å². The molecule has 3 N–H and O–H groups in total. The Bertz CT molecular complexity index is 723. The van der Waals surface area contributed by atoms with Gasteiger partial charge in [0.2, 0.25) is 0 Å². The summed E-state index contributed by atoms with van der Waals surface area (Å²) < 4.78 is 0. The van der Waals surface area contributed by atoms with E-state index in [1.807, 2.05) is 36.4 Å². The van der Waals surface area contributed by atoms with Gasteiger partial charge in [-0.05, 0) is 59.5 Å². The number of aromatic hydroxyl groups is 3. The molecule has 3 aromatic rings. The molecule has 0 aliphatic heterocycles. The molecular weight excluding hydrogens is 324 g/mol. The lowest BCUT2D eigenvalue weighted by Gasteiger charge is -2.36. The van der Waals surface area contributed by atoms with Crippen LogP contribution in [0.2, 0.25) is 0 Å². The van der Waals surface area contributed by atoms with Crippen LogP contribution in [-0.2, 0) is 5.41 Å². The van der Waals surface area contributed by atoms with Gasteiger partial charge < -0.3 is 15.3 Å². The number of benzene rings is 3. The zero-order valence-corrected chi connectivity index (χ0v) is 14.9. The molecule has 0 unspecified atom stereocenters. The quantitative estimate of drug-likeness (QED) is 0.528. The molecular formula is C23H24O3. The fraction of sp³-hybridized carbons (Fsp3) is 0.217. The summed E-state index contributed by atoms with van der Waals surface area (Å²) in [6.45, 7) is 2.16. The average molecular weight is 348 g/mol. The van der Waals surface area contributed by atoms with Crippen molar-refractivity contribution in [3.05, 3.63) is 89.5 Å². The van der Waals surface area contributed by atoms with Gasteiger partial charge in [0.05, 0.1) is 0 Å². The third-order valence-corrected chi connectivity index (χ3v) is 4.99. The molecule has 3 aromatic carbocycles. The molecule has 0 saturated heterocycles. The largest absolute Gasteiger partial charge is 0.508 e. The van der Waals surface area contributed by atoms with Crippen molar-refractivity contribution in [3.8, 4) is 17.2 Å². The lowest BCUT2D eigenvalue weighted by Crippen LogP contribution is -2.29. The highest BCUT2D eigenvalue weighted by molar-refractivity contribution is 5.52. The van der Waals surface area contributed by atoms with Gasteiger partial charge in [-0.3, -0.25) is 0 Å². The fourth-order valence-electron chi connectivity index (χ4n) is 3.61. The van der Waals surface area contributed by atoms with E-state index in [1.54, 1.807) is 36.4 Å². The third-order valence-electron chi connectivity index (χ3n) is 4.99. The van der Waals surface area contributed by atoms with Crippen LogP contribution in [0.4, 0.5) is 0 Å². The lowest BCUT2D eigenvalue weighted by atomic mass is 9.66. The lowest BCUT2D eigenvalue weighted by molar-refractivity contribution is 0.470. The number of phenols is 3. The molecule has 3 rings (SSSR count). The van der Waals surface area contributed by atoms with Gasteiger partial charge in [0.15, 0.2) is 0 Å². The molecule has 134 valence electrons. The van der Waals surface area contributed by atoms with Crippen molar-refractivity contribution in [2.75, 3.05) is 0 Å². The van der Waals surface area contributed by atoms with Crippen LogP contribution in [0.15, 0.2) is 72.8 Å². The minimum Gasteiger partial charge on any atom is -0.508 e. The number of unbranched alkanes of at least 4 members (excludes halogenated alkanes) is 1. The molecule has 0 atom stereocenters. The summed E-state index contributed by atoms with van der Waals surface area (Å²) in [4.78, 5) is 0. The highest BCUT2D eigenvalue weighted by atomic mass is 16.3. The van der Waals surface area contributed by atoms with E-state index in [2.05, 4.69) is 6.92 Å². The second-order valence-corrected chi connectivity index (χ2v) is 6.65. The van der Waals surface area contributed by atoms with Crippen molar-refractivity contribution >= 4 is 0 Å². The van der Waals surface area contributed by atoms with Crippen LogP contribution < -0.4 is 0 Å². The van der Waals surface area contributed by atoms with Crippen molar-refractivity contribution in [2.24, 2.45) is 0 Å². The second-order valence-electron chi connectivity index (χ2n) is 6.65. The molecule has 0 bridgehead atoms. The average Bonchev–Trinajstić information content (AvgIpc) is 2.66. The Morgan fingerprint density at radius 3 is 1.15 bits per heavy atom. The first-order valence-corrected chi connectivity index (χ1v) is 8.95. The van der Waals surface area contributed by atoms with E-state index >= 15 is 0 Å². The Labute approximate surface area is 154 Å². The summed E-state index contributed by atoms with van der Waals surface area (Å²) in [5.74, 6) is 0.693. The van der Waals surface area contributed by atoms with Crippen molar-refractivity contribution in [3.63, 3.8) is 0 Å². The number of phenolic OH excluding ortho intramolecular Hbond substituents is 3.